The van der Waals surface area contributed by atoms with E-state index in [9.17, 15) is 9.59 Å². The first-order chi connectivity index (χ1) is 13.7. The molecule has 1 aromatic heterocycles. The Bertz CT molecular complexity index is 671. The third-order valence-electron chi connectivity index (χ3n) is 5.92. The van der Waals surface area contributed by atoms with Crippen molar-refractivity contribution in [1.82, 2.24) is 20.1 Å². The fourth-order valence-corrected chi connectivity index (χ4v) is 4.07. The van der Waals surface area contributed by atoms with Gasteiger partial charge >= 0.3 is 6.03 Å². The lowest BCUT2D eigenvalue weighted by molar-refractivity contribution is -0.133. The van der Waals surface area contributed by atoms with E-state index in [1.165, 1.54) is 0 Å². The molecule has 1 aliphatic carbocycles. The maximum Gasteiger partial charge on any atom is 0.317 e. The summed E-state index contributed by atoms with van der Waals surface area (Å²) in [6.45, 7) is 3.48. The quantitative estimate of drug-likeness (QED) is 0.842. The molecular formula is C21H30N4O3. The van der Waals surface area contributed by atoms with Crippen molar-refractivity contribution in [3.05, 3.63) is 30.1 Å². The molecule has 3 heterocycles. The second-order valence-corrected chi connectivity index (χ2v) is 8.21. The van der Waals surface area contributed by atoms with Gasteiger partial charge in [-0.15, -0.1) is 0 Å². The second-order valence-electron chi connectivity index (χ2n) is 8.21. The number of rotatable bonds is 5. The van der Waals surface area contributed by atoms with Crippen LogP contribution in [-0.2, 0) is 16.1 Å². The van der Waals surface area contributed by atoms with Crippen molar-refractivity contribution < 1.29 is 14.3 Å². The van der Waals surface area contributed by atoms with E-state index in [2.05, 4.69) is 10.3 Å². The average molecular weight is 386 g/mol. The van der Waals surface area contributed by atoms with Crippen LogP contribution in [0, 0.1) is 5.92 Å². The summed E-state index contributed by atoms with van der Waals surface area (Å²) in [5, 5.41) is 3.15. The van der Waals surface area contributed by atoms with Crippen LogP contribution >= 0.6 is 0 Å². The fourth-order valence-electron chi connectivity index (χ4n) is 4.07. The van der Waals surface area contributed by atoms with Crippen molar-refractivity contribution in [2.75, 3.05) is 26.2 Å². The molecule has 152 valence electrons. The molecule has 0 unspecified atom stereocenters. The monoisotopic (exact) mass is 386 g/mol. The van der Waals surface area contributed by atoms with Crippen LogP contribution in [-0.4, -0.2) is 65.0 Å². The van der Waals surface area contributed by atoms with Gasteiger partial charge < -0.3 is 19.9 Å². The summed E-state index contributed by atoms with van der Waals surface area (Å²) in [5.41, 5.74) is 1.07. The van der Waals surface area contributed by atoms with Crippen LogP contribution in [0.5, 0.6) is 0 Å². The van der Waals surface area contributed by atoms with Gasteiger partial charge in [0.05, 0.1) is 12.7 Å². The molecule has 0 bridgehead atoms. The van der Waals surface area contributed by atoms with Crippen molar-refractivity contribution in [1.29, 1.82) is 0 Å². The Morgan fingerprint density at radius 3 is 2.64 bits per heavy atom. The van der Waals surface area contributed by atoms with E-state index in [4.69, 9.17) is 4.74 Å². The van der Waals surface area contributed by atoms with Crippen molar-refractivity contribution >= 4 is 11.9 Å². The van der Waals surface area contributed by atoms with E-state index in [1.54, 1.807) is 6.20 Å². The summed E-state index contributed by atoms with van der Waals surface area (Å²) in [6.07, 6.45) is 9.45. The lowest BCUT2D eigenvalue weighted by Gasteiger charge is -2.36. The van der Waals surface area contributed by atoms with Gasteiger partial charge in [0, 0.05) is 50.5 Å². The first kappa shape index (κ1) is 19.2. The Labute approximate surface area is 166 Å². The standard InChI is InChI=1S/C21H30N4O3/c26-20(17-5-6-17)25-10-2-4-18(14-25)23-21(27)24-11-7-19(8-12-24)28-15-16-3-1-9-22-13-16/h1,3,9,13,17-19H,2,4-8,10-12,14-15H2,(H,23,27)/t18-/m1/s1. The number of nitrogens with one attached hydrogen (secondary N) is 1. The Balaban J connectivity index is 1.18. The Hall–Kier alpha value is -2.15. The Morgan fingerprint density at radius 2 is 1.93 bits per heavy atom. The molecule has 0 spiro atoms. The van der Waals surface area contributed by atoms with Crippen LogP contribution in [0.2, 0.25) is 0 Å². The van der Waals surface area contributed by atoms with Gasteiger partial charge in [0.25, 0.3) is 0 Å². The molecule has 3 fully saturated rings. The topological polar surface area (TPSA) is 74.8 Å². The summed E-state index contributed by atoms with van der Waals surface area (Å²) < 4.78 is 5.97. The lowest BCUT2D eigenvalue weighted by Crippen LogP contribution is -2.54. The van der Waals surface area contributed by atoms with Crippen LogP contribution in [0.15, 0.2) is 24.5 Å². The minimum Gasteiger partial charge on any atom is -0.373 e. The summed E-state index contributed by atoms with van der Waals surface area (Å²) in [6, 6.07) is 3.99. The van der Waals surface area contributed by atoms with E-state index in [0.29, 0.717) is 26.2 Å². The number of likely N-dealkylation sites (tertiary alicyclic amines) is 2. The molecule has 1 atom stereocenters. The maximum atomic E-state index is 12.6. The number of pyridine rings is 1. The number of ether oxygens (including phenoxy) is 1. The number of carbonyl (C=O) groups excluding carboxylic acids is 2. The predicted octanol–water partition coefficient (Wildman–Crippen LogP) is 2.17. The molecule has 2 aliphatic heterocycles. The molecule has 3 amide bonds. The molecule has 1 aromatic rings. The van der Waals surface area contributed by atoms with Crippen LogP contribution < -0.4 is 5.32 Å². The minimum atomic E-state index is -0.00331. The highest BCUT2D eigenvalue weighted by molar-refractivity contribution is 5.81. The summed E-state index contributed by atoms with van der Waals surface area (Å²) in [5.74, 6) is 0.533. The molecule has 4 rings (SSSR count). The number of hydrogen-bond donors (Lipinski definition) is 1. The van der Waals surface area contributed by atoms with E-state index in [-0.39, 0.29) is 30.0 Å². The number of carbonyl (C=O) groups is 2. The van der Waals surface area contributed by atoms with Crippen LogP contribution in [0.4, 0.5) is 4.79 Å². The smallest absolute Gasteiger partial charge is 0.317 e. The first-order valence-corrected chi connectivity index (χ1v) is 10.5. The van der Waals surface area contributed by atoms with Crippen LogP contribution in [0.3, 0.4) is 0 Å². The summed E-state index contributed by atoms with van der Waals surface area (Å²) in [4.78, 5) is 32.8. The van der Waals surface area contributed by atoms with Gasteiger partial charge in [-0.25, -0.2) is 4.79 Å². The van der Waals surface area contributed by atoms with Crippen molar-refractivity contribution in [2.24, 2.45) is 5.92 Å². The number of urea groups is 1. The third-order valence-corrected chi connectivity index (χ3v) is 5.92. The molecule has 1 N–H and O–H groups in total. The Morgan fingerprint density at radius 1 is 1.11 bits per heavy atom. The number of amides is 3. The highest BCUT2D eigenvalue weighted by Gasteiger charge is 2.36. The molecule has 3 aliphatic rings. The molecule has 7 nitrogen and oxygen atoms in total. The normalized spacial score (nSPS) is 23.5. The van der Waals surface area contributed by atoms with Crippen LogP contribution in [0.25, 0.3) is 0 Å². The lowest BCUT2D eigenvalue weighted by atomic mass is 10.0. The van der Waals surface area contributed by atoms with Gasteiger partial charge in [-0.2, -0.15) is 0 Å². The van der Waals surface area contributed by atoms with Gasteiger partial charge in [0.15, 0.2) is 0 Å². The van der Waals surface area contributed by atoms with E-state index in [1.807, 2.05) is 28.1 Å². The van der Waals surface area contributed by atoms with Crippen molar-refractivity contribution in [3.8, 4) is 0 Å². The van der Waals surface area contributed by atoms with Crippen LogP contribution in [0.1, 0.15) is 44.1 Å². The number of nitrogens with zero attached hydrogens (tertiary/aromatic N) is 3. The number of piperidine rings is 2. The van der Waals surface area contributed by atoms with Gasteiger partial charge in [-0.3, -0.25) is 9.78 Å². The molecular weight excluding hydrogens is 356 g/mol. The zero-order valence-corrected chi connectivity index (χ0v) is 16.4. The summed E-state index contributed by atoms with van der Waals surface area (Å²) in [7, 11) is 0. The number of aromatic nitrogens is 1. The molecule has 2 saturated heterocycles. The highest BCUT2D eigenvalue weighted by atomic mass is 16.5. The van der Waals surface area contributed by atoms with E-state index in [0.717, 1.165) is 50.6 Å². The van der Waals surface area contributed by atoms with E-state index >= 15 is 0 Å². The second kappa shape index (κ2) is 8.90. The van der Waals surface area contributed by atoms with Crippen molar-refractivity contribution in [2.45, 2.75) is 57.3 Å². The molecule has 1 saturated carbocycles. The molecule has 7 heteroatoms. The minimum absolute atomic E-state index is 0.00331. The van der Waals surface area contributed by atoms with Gasteiger partial charge in [-0.05, 0) is 50.2 Å². The first-order valence-electron chi connectivity index (χ1n) is 10.5. The highest BCUT2D eigenvalue weighted by Crippen LogP contribution is 2.32. The maximum absolute atomic E-state index is 12.6. The fraction of sp³-hybridized carbons (Fsp3) is 0.667. The third kappa shape index (κ3) is 5.01. The zero-order chi connectivity index (χ0) is 19.3. The van der Waals surface area contributed by atoms with Gasteiger partial charge in [0.1, 0.15) is 0 Å². The predicted molar refractivity (Wildman–Crippen MR) is 104 cm³/mol. The molecule has 0 radical (unpaired) electrons. The molecule has 28 heavy (non-hydrogen) atoms. The zero-order valence-electron chi connectivity index (χ0n) is 16.4. The van der Waals surface area contributed by atoms with Gasteiger partial charge in [-0.1, -0.05) is 6.07 Å². The van der Waals surface area contributed by atoms with Gasteiger partial charge in [0.2, 0.25) is 5.91 Å². The Kier molecular flexibility index (Phi) is 6.10. The SMILES string of the molecule is O=C(N[C@@H]1CCCN(C(=O)C2CC2)C1)N1CCC(OCc2cccnc2)CC1. The van der Waals surface area contributed by atoms with E-state index < -0.39 is 0 Å². The molecule has 0 aromatic carbocycles. The van der Waals surface area contributed by atoms with Crippen molar-refractivity contribution in [3.63, 3.8) is 0 Å². The number of hydrogen-bond acceptors (Lipinski definition) is 4. The average Bonchev–Trinajstić information content (AvgIpc) is 3.58. The largest absolute Gasteiger partial charge is 0.373 e. The summed E-state index contributed by atoms with van der Waals surface area (Å²) >= 11 is 0.